The monoisotopic (exact) mass is 357 g/mol. The minimum atomic E-state index is -0.362. The lowest BCUT2D eigenvalue weighted by molar-refractivity contribution is -0.383. The number of nitro benzene ring substituents is 1. The molecule has 7 heteroatoms. The molecular weight excluding hydrogens is 334 g/mol. The van der Waals surface area contributed by atoms with Gasteiger partial charge in [-0.25, -0.2) is 0 Å². The number of anilines is 2. The molecule has 0 saturated carbocycles. The van der Waals surface area contributed by atoms with E-state index in [1.807, 2.05) is 30.3 Å². The third kappa shape index (κ3) is 4.36. The maximum absolute atomic E-state index is 11.3. The molecular formula is C19H23N3O4. The largest absolute Gasteiger partial charge is 0.497 e. The molecule has 0 unspecified atom stereocenters. The van der Waals surface area contributed by atoms with Crippen LogP contribution in [0.25, 0.3) is 0 Å². The van der Waals surface area contributed by atoms with Crippen molar-refractivity contribution in [2.75, 3.05) is 43.6 Å². The SMILES string of the molecule is COc1cccc(OCCNc2cc(N3CCCC3)ccc2[N+](=O)[O-])c1. The molecule has 0 spiro atoms. The van der Waals surface area contributed by atoms with E-state index in [1.54, 1.807) is 19.2 Å². The topological polar surface area (TPSA) is 76.9 Å². The van der Waals surface area contributed by atoms with Gasteiger partial charge in [0.05, 0.1) is 12.0 Å². The van der Waals surface area contributed by atoms with Crippen LogP contribution in [-0.4, -0.2) is 38.3 Å². The number of hydrogen-bond donors (Lipinski definition) is 1. The number of methoxy groups -OCH3 is 1. The first-order valence-electron chi connectivity index (χ1n) is 8.71. The lowest BCUT2D eigenvalue weighted by Gasteiger charge is -2.19. The van der Waals surface area contributed by atoms with Crippen molar-refractivity contribution in [2.24, 2.45) is 0 Å². The van der Waals surface area contributed by atoms with Crippen molar-refractivity contribution < 1.29 is 14.4 Å². The molecule has 0 atom stereocenters. The lowest BCUT2D eigenvalue weighted by atomic mass is 10.2. The van der Waals surface area contributed by atoms with E-state index in [0.29, 0.717) is 24.6 Å². The van der Waals surface area contributed by atoms with Gasteiger partial charge in [0.2, 0.25) is 0 Å². The van der Waals surface area contributed by atoms with Gasteiger partial charge < -0.3 is 19.7 Å². The summed E-state index contributed by atoms with van der Waals surface area (Å²) in [4.78, 5) is 13.2. The maximum Gasteiger partial charge on any atom is 0.292 e. The predicted molar refractivity (Wildman–Crippen MR) is 102 cm³/mol. The molecule has 3 rings (SSSR count). The number of hydrogen-bond acceptors (Lipinski definition) is 6. The van der Waals surface area contributed by atoms with Crippen LogP contribution in [-0.2, 0) is 0 Å². The van der Waals surface area contributed by atoms with E-state index in [-0.39, 0.29) is 10.6 Å². The summed E-state index contributed by atoms with van der Waals surface area (Å²) in [5, 5.41) is 14.4. The van der Waals surface area contributed by atoms with Crippen LogP contribution in [0.4, 0.5) is 17.1 Å². The highest BCUT2D eigenvalue weighted by Gasteiger charge is 2.18. The molecule has 1 saturated heterocycles. The minimum absolute atomic E-state index is 0.0781. The van der Waals surface area contributed by atoms with E-state index in [4.69, 9.17) is 9.47 Å². The molecule has 0 radical (unpaired) electrons. The average molecular weight is 357 g/mol. The number of nitro groups is 1. The predicted octanol–water partition coefficient (Wildman–Crippen LogP) is 3.69. The van der Waals surface area contributed by atoms with Gasteiger partial charge in [-0.2, -0.15) is 0 Å². The van der Waals surface area contributed by atoms with Crippen molar-refractivity contribution in [1.82, 2.24) is 0 Å². The summed E-state index contributed by atoms with van der Waals surface area (Å²) in [7, 11) is 1.60. The van der Waals surface area contributed by atoms with Crippen LogP contribution in [0.3, 0.4) is 0 Å². The summed E-state index contributed by atoms with van der Waals surface area (Å²) in [6.45, 7) is 2.84. The molecule has 1 aliphatic heterocycles. The Morgan fingerprint density at radius 3 is 2.65 bits per heavy atom. The van der Waals surface area contributed by atoms with Crippen LogP contribution >= 0.6 is 0 Å². The molecule has 0 aromatic heterocycles. The smallest absolute Gasteiger partial charge is 0.292 e. The summed E-state index contributed by atoms with van der Waals surface area (Å²) in [6, 6.07) is 12.6. The van der Waals surface area contributed by atoms with Gasteiger partial charge in [-0.1, -0.05) is 6.07 Å². The van der Waals surface area contributed by atoms with E-state index in [9.17, 15) is 10.1 Å². The fourth-order valence-electron chi connectivity index (χ4n) is 3.04. The van der Waals surface area contributed by atoms with Crippen molar-refractivity contribution in [3.05, 3.63) is 52.6 Å². The Hall–Kier alpha value is -2.96. The summed E-state index contributed by atoms with van der Waals surface area (Å²) in [6.07, 6.45) is 2.32. The zero-order chi connectivity index (χ0) is 18.4. The van der Waals surface area contributed by atoms with Gasteiger partial charge >= 0.3 is 0 Å². The molecule has 1 heterocycles. The number of rotatable bonds is 8. The third-order valence-corrected chi connectivity index (χ3v) is 4.38. The molecule has 1 N–H and O–H groups in total. The van der Waals surface area contributed by atoms with Gasteiger partial charge in [0, 0.05) is 37.5 Å². The molecule has 7 nitrogen and oxygen atoms in total. The number of benzene rings is 2. The molecule has 0 amide bonds. The van der Waals surface area contributed by atoms with Crippen molar-refractivity contribution in [2.45, 2.75) is 12.8 Å². The van der Waals surface area contributed by atoms with Crippen LogP contribution < -0.4 is 19.7 Å². The Morgan fingerprint density at radius 2 is 1.92 bits per heavy atom. The molecule has 2 aromatic rings. The Bertz CT molecular complexity index is 760. The molecule has 2 aromatic carbocycles. The Morgan fingerprint density at radius 1 is 1.15 bits per heavy atom. The molecule has 1 fully saturated rings. The van der Waals surface area contributed by atoms with Crippen LogP contribution in [0.15, 0.2) is 42.5 Å². The highest BCUT2D eigenvalue weighted by Crippen LogP contribution is 2.31. The summed E-state index contributed by atoms with van der Waals surface area (Å²) < 4.78 is 10.8. The second kappa shape index (κ2) is 8.42. The Kier molecular flexibility index (Phi) is 5.78. The van der Waals surface area contributed by atoms with E-state index in [1.165, 1.54) is 0 Å². The number of nitrogens with zero attached hydrogens (tertiary/aromatic N) is 2. The first-order valence-corrected chi connectivity index (χ1v) is 8.71. The van der Waals surface area contributed by atoms with Gasteiger partial charge in [-0.05, 0) is 37.1 Å². The number of nitrogens with one attached hydrogen (secondary N) is 1. The van der Waals surface area contributed by atoms with E-state index in [0.717, 1.165) is 37.4 Å². The van der Waals surface area contributed by atoms with Gasteiger partial charge in [0.15, 0.2) is 0 Å². The quantitative estimate of drug-likeness (QED) is 0.441. The maximum atomic E-state index is 11.3. The second-order valence-electron chi connectivity index (χ2n) is 6.11. The summed E-state index contributed by atoms with van der Waals surface area (Å²) in [5.74, 6) is 1.43. The highest BCUT2D eigenvalue weighted by molar-refractivity contribution is 5.69. The summed E-state index contributed by atoms with van der Waals surface area (Å²) in [5.41, 5.74) is 1.62. The molecule has 0 aliphatic carbocycles. The molecule has 26 heavy (non-hydrogen) atoms. The van der Waals surface area contributed by atoms with Gasteiger partial charge in [-0.15, -0.1) is 0 Å². The normalized spacial score (nSPS) is 13.5. The fourth-order valence-corrected chi connectivity index (χ4v) is 3.04. The van der Waals surface area contributed by atoms with Gasteiger partial charge in [0.25, 0.3) is 5.69 Å². The molecule has 1 aliphatic rings. The van der Waals surface area contributed by atoms with E-state index >= 15 is 0 Å². The lowest BCUT2D eigenvalue weighted by Crippen LogP contribution is -2.18. The number of ether oxygens (including phenoxy) is 2. The molecule has 0 bridgehead atoms. The van der Waals surface area contributed by atoms with Crippen molar-refractivity contribution in [3.63, 3.8) is 0 Å². The zero-order valence-electron chi connectivity index (χ0n) is 14.8. The Labute approximate surface area is 152 Å². The second-order valence-corrected chi connectivity index (χ2v) is 6.11. The van der Waals surface area contributed by atoms with Crippen molar-refractivity contribution >= 4 is 17.1 Å². The van der Waals surface area contributed by atoms with Gasteiger partial charge in [0.1, 0.15) is 23.8 Å². The summed E-state index contributed by atoms with van der Waals surface area (Å²) >= 11 is 0. The van der Waals surface area contributed by atoms with Gasteiger partial charge in [-0.3, -0.25) is 10.1 Å². The fraction of sp³-hybridized carbons (Fsp3) is 0.368. The highest BCUT2D eigenvalue weighted by atomic mass is 16.6. The zero-order valence-corrected chi connectivity index (χ0v) is 14.8. The first kappa shape index (κ1) is 17.8. The van der Waals surface area contributed by atoms with Crippen LogP contribution in [0.1, 0.15) is 12.8 Å². The van der Waals surface area contributed by atoms with E-state index in [2.05, 4.69) is 10.2 Å². The van der Waals surface area contributed by atoms with Crippen LogP contribution in [0, 0.1) is 10.1 Å². The Balaban J connectivity index is 1.61. The van der Waals surface area contributed by atoms with Crippen molar-refractivity contribution in [1.29, 1.82) is 0 Å². The standard InChI is InChI=1S/C19H23N3O4/c1-25-16-5-4-6-17(14-16)26-12-9-20-18-13-15(21-10-2-3-11-21)7-8-19(18)22(23)24/h4-8,13-14,20H,2-3,9-12H2,1H3. The van der Waals surface area contributed by atoms with Crippen LogP contribution in [0.5, 0.6) is 11.5 Å². The third-order valence-electron chi connectivity index (χ3n) is 4.38. The van der Waals surface area contributed by atoms with Crippen molar-refractivity contribution in [3.8, 4) is 11.5 Å². The first-order chi connectivity index (χ1) is 12.7. The molecule has 138 valence electrons. The van der Waals surface area contributed by atoms with Crippen LogP contribution in [0.2, 0.25) is 0 Å². The minimum Gasteiger partial charge on any atom is -0.497 e. The van der Waals surface area contributed by atoms with E-state index < -0.39 is 0 Å². The average Bonchev–Trinajstić information content (AvgIpc) is 3.20.